The van der Waals surface area contributed by atoms with E-state index < -0.39 is 0 Å². The van der Waals surface area contributed by atoms with Gasteiger partial charge in [-0.3, -0.25) is 0 Å². The van der Waals surface area contributed by atoms with Gasteiger partial charge >= 0.3 is 0 Å². The van der Waals surface area contributed by atoms with Gasteiger partial charge in [0.1, 0.15) is 6.54 Å². The van der Waals surface area contributed by atoms with Gasteiger partial charge in [-0.05, 0) is 29.8 Å². The SMILES string of the molecule is CC[n+]1c(C)ccc2cc3ccccc3cc21. The summed E-state index contributed by atoms with van der Waals surface area (Å²) < 4.78 is 2.36. The van der Waals surface area contributed by atoms with Crippen molar-refractivity contribution in [3.8, 4) is 0 Å². The molecule has 0 spiro atoms. The molecule has 84 valence electrons. The fourth-order valence-electron chi connectivity index (χ4n) is 2.52. The molecule has 1 nitrogen and oxygen atoms in total. The highest BCUT2D eigenvalue weighted by Crippen LogP contribution is 2.20. The fraction of sp³-hybridized carbons (Fsp3) is 0.188. The molecule has 0 fully saturated rings. The summed E-state index contributed by atoms with van der Waals surface area (Å²) in [7, 11) is 0. The van der Waals surface area contributed by atoms with Gasteiger partial charge in [0.15, 0.2) is 5.69 Å². The summed E-state index contributed by atoms with van der Waals surface area (Å²) in [6.45, 7) is 5.38. The number of fused-ring (bicyclic) bond motifs is 2. The Bertz CT molecular complexity index is 698. The Labute approximate surface area is 101 Å². The summed E-state index contributed by atoms with van der Waals surface area (Å²) in [6, 6.07) is 17.5. The molecule has 0 N–H and O–H groups in total. The minimum atomic E-state index is 1.02. The minimum Gasteiger partial charge on any atom is -0.196 e. The Kier molecular flexibility index (Phi) is 2.32. The van der Waals surface area contributed by atoms with Gasteiger partial charge in [-0.15, -0.1) is 0 Å². The molecule has 0 atom stereocenters. The zero-order valence-corrected chi connectivity index (χ0v) is 10.3. The van der Waals surface area contributed by atoms with E-state index in [-0.39, 0.29) is 0 Å². The monoisotopic (exact) mass is 222 g/mol. The average Bonchev–Trinajstić information content (AvgIpc) is 2.36. The molecular formula is C16H16N+. The van der Waals surface area contributed by atoms with E-state index in [0.717, 1.165) is 6.54 Å². The summed E-state index contributed by atoms with van der Waals surface area (Å²) in [5.41, 5.74) is 2.64. The molecule has 0 unspecified atom stereocenters. The second-order valence-electron chi connectivity index (χ2n) is 4.48. The van der Waals surface area contributed by atoms with Gasteiger partial charge in [-0.1, -0.05) is 24.3 Å². The summed E-state index contributed by atoms with van der Waals surface area (Å²) in [4.78, 5) is 0. The Morgan fingerprint density at radius 2 is 1.59 bits per heavy atom. The summed E-state index contributed by atoms with van der Waals surface area (Å²) in [5.74, 6) is 0. The molecular weight excluding hydrogens is 206 g/mol. The average molecular weight is 222 g/mol. The zero-order valence-electron chi connectivity index (χ0n) is 10.3. The first-order valence-corrected chi connectivity index (χ1v) is 6.11. The van der Waals surface area contributed by atoms with E-state index in [2.05, 4.69) is 66.9 Å². The lowest BCUT2D eigenvalue weighted by Gasteiger charge is -2.04. The Morgan fingerprint density at radius 3 is 2.29 bits per heavy atom. The van der Waals surface area contributed by atoms with Crippen molar-refractivity contribution in [3.05, 3.63) is 54.2 Å². The van der Waals surface area contributed by atoms with Crippen LogP contribution in [0.25, 0.3) is 21.7 Å². The van der Waals surface area contributed by atoms with Crippen LogP contribution in [-0.2, 0) is 6.54 Å². The standard InChI is InChI=1S/C16H16N/c1-3-17-12(2)8-9-15-10-13-6-4-5-7-14(13)11-16(15)17/h4-11H,3H2,1-2H3/q+1. The van der Waals surface area contributed by atoms with Crippen LogP contribution in [0.15, 0.2) is 48.5 Å². The lowest BCUT2D eigenvalue weighted by molar-refractivity contribution is -0.673. The highest BCUT2D eigenvalue weighted by atomic mass is 15.0. The molecule has 0 bridgehead atoms. The van der Waals surface area contributed by atoms with Crippen molar-refractivity contribution in [2.75, 3.05) is 0 Å². The number of hydrogen-bond donors (Lipinski definition) is 0. The first-order chi connectivity index (χ1) is 8.29. The number of aryl methyl sites for hydroxylation is 2. The highest BCUT2D eigenvalue weighted by molar-refractivity contribution is 5.95. The van der Waals surface area contributed by atoms with Gasteiger partial charge in [-0.2, -0.15) is 4.57 Å². The molecule has 1 heterocycles. The third-order valence-corrected chi connectivity index (χ3v) is 3.43. The first-order valence-electron chi connectivity index (χ1n) is 6.11. The smallest absolute Gasteiger partial charge is 0.196 e. The summed E-state index contributed by atoms with van der Waals surface area (Å²) >= 11 is 0. The van der Waals surface area contributed by atoms with Gasteiger partial charge in [0.2, 0.25) is 5.52 Å². The third kappa shape index (κ3) is 1.59. The van der Waals surface area contributed by atoms with Gasteiger partial charge in [0.25, 0.3) is 0 Å². The van der Waals surface area contributed by atoms with Crippen molar-refractivity contribution in [2.45, 2.75) is 20.4 Å². The van der Waals surface area contributed by atoms with Crippen molar-refractivity contribution < 1.29 is 4.57 Å². The predicted octanol–water partition coefficient (Wildman–Crippen LogP) is 3.61. The normalized spacial score (nSPS) is 11.2. The van der Waals surface area contributed by atoms with Crippen LogP contribution in [0.5, 0.6) is 0 Å². The van der Waals surface area contributed by atoms with Crippen LogP contribution >= 0.6 is 0 Å². The second-order valence-corrected chi connectivity index (χ2v) is 4.48. The van der Waals surface area contributed by atoms with E-state index >= 15 is 0 Å². The maximum Gasteiger partial charge on any atom is 0.213 e. The predicted molar refractivity (Wildman–Crippen MR) is 72.1 cm³/mol. The van der Waals surface area contributed by atoms with Gasteiger partial charge < -0.3 is 0 Å². The van der Waals surface area contributed by atoms with Gasteiger partial charge in [-0.25, -0.2) is 0 Å². The molecule has 0 aliphatic rings. The Morgan fingerprint density at radius 1 is 0.882 bits per heavy atom. The Hall–Kier alpha value is -1.89. The molecule has 2 aromatic carbocycles. The van der Waals surface area contributed by atoms with Crippen LogP contribution < -0.4 is 4.57 Å². The van der Waals surface area contributed by atoms with E-state index in [1.165, 1.54) is 27.4 Å². The molecule has 17 heavy (non-hydrogen) atoms. The van der Waals surface area contributed by atoms with Crippen LogP contribution in [-0.4, -0.2) is 0 Å². The van der Waals surface area contributed by atoms with Gasteiger partial charge in [0, 0.05) is 24.4 Å². The molecule has 3 aromatic rings. The van der Waals surface area contributed by atoms with Crippen molar-refractivity contribution in [2.24, 2.45) is 0 Å². The number of rotatable bonds is 1. The molecule has 0 radical (unpaired) electrons. The van der Waals surface area contributed by atoms with Crippen molar-refractivity contribution in [1.82, 2.24) is 0 Å². The van der Waals surface area contributed by atoms with Crippen molar-refractivity contribution in [3.63, 3.8) is 0 Å². The van der Waals surface area contributed by atoms with Crippen LogP contribution in [0.2, 0.25) is 0 Å². The minimum absolute atomic E-state index is 1.02. The van der Waals surface area contributed by atoms with Crippen molar-refractivity contribution >= 4 is 21.7 Å². The molecule has 0 saturated carbocycles. The van der Waals surface area contributed by atoms with Crippen LogP contribution in [0.3, 0.4) is 0 Å². The zero-order chi connectivity index (χ0) is 11.8. The van der Waals surface area contributed by atoms with Crippen LogP contribution in [0.4, 0.5) is 0 Å². The molecule has 1 heteroatoms. The van der Waals surface area contributed by atoms with E-state index in [4.69, 9.17) is 0 Å². The highest BCUT2D eigenvalue weighted by Gasteiger charge is 2.11. The largest absolute Gasteiger partial charge is 0.213 e. The molecule has 3 rings (SSSR count). The lowest BCUT2D eigenvalue weighted by Crippen LogP contribution is -2.36. The van der Waals surface area contributed by atoms with E-state index in [1.807, 2.05) is 0 Å². The number of benzene rings is 2. The number of pyridine rings is 1. The third-order valence-electron chi connectivity index (χ3n) is 3.43. The first kappa shape index (κ1) is 10.3. The van der Waals surface area contributed by atoms with E-state index in [1.54, 1.807) is 0 Å². The second kappa shape index (κ2) is 3.85. The summed E-state index contributed by atoms with van der Waals surface area (Å²) in [6.07, 6.45) is 0. The van der Waals surface area contributed by atoms with Crippen LogP contribution in [0, 0.1) is 6.92 Å². The maximum atomic E-state index is 2.36. The molecule has 0 saturated heterocycles. The van der Waals surface area contributed by atoms with E-state index in [9.17, 15) is 0 Å². The Balaban J connectivity index is 2.47. The molecule has 0 aliphatic carbocycles. The molecule has 0 aliphatic heterocycles. The quantitative estimate of drug-likeness (QED) is 0.437. The van der Waals surface area contributed by atoms with Gasteiger partial charge in [0.05, 0.1) is 0 Å². The maximum absolute atomic E-state index is 2.36. The van der Waals surface area contributed by atoms with Crippen molar-refractivity contribution in [1.29, 1.82) is 0 Å². The van der Waals surface area contributed by atoms with E-state index in [0.29, 0.717) is 0 Å². The topological polar surface area (TPSA) is 3.88 Å². The lowest BCUT2D eigenvalue weighted by atomic mass is 10.1. The summed E-state index contributed by atoms with van der Waals surface area (Å²) in [5, 5.41) is 3.94. The fourth-order valence-corrected chi connectivity index (χ4v) is 2.52. The number of hydrogen-bond acceptors (Lipinski definition) is 0. The number of aromatic nitrogens is 1. The molecule has 1 aromatic heterocycles. The van der Waals surface area contributed by atoms with Crippen LogP contribution in [0.1, 0.15) is 12.6 Å². The molecule has 0 amide bonds. The number of nitrogens with zero attached hydrogens (tertiary/aromatic N) is 1.